The number of carbonyl (C=O) groups excluding carboxylic acids is 1. The Hall–Kier alpha value is -2.86. The zero-order chi connectivity index (χ0) is 18.4. The van der Waals surface area contributed by atoms with Crippen LogP contribution in [-0.4, -0.2) is 23.3 Å². The van der Waals surface area contributed by atoms with Gasteiger partial charge in [-0.2, -0.15) is 5.10 Å². The molecule has 1 N–H and O–H groups in total. The maximum Gasteiger partial charge on any atom is 0.273 e. The lowest BCUT2D eigenvalue weighted by Crippen LogP contribution is -2.19. The van der Waals surface area contributed by atoms with Crippen molar-refractivity contribution in [2.75, 3.05) is 6.61 Å². The fourth-order valence-corrected chi connectivity index (χ4v) is 2.99. The van der Waals surface area contributed by atoms with Gasteiger partial charge in [0.25, 0.3) is 5.91 Å². The molecule has 0 spiro atoms. The van der Waals surface area contributed by atoms with Crippen LogP contribution in [0.5, 0.6) is 5.75 Å². The first-order chi connectivity index (χ1) is 12.7. The highest BCUT2D eigenvalue weighted by Gasteiger charge is 2.11. The zero-order valence-corrected chi connectivity index (χ0v) is 15.8. The van der Waals surface area contributed by atoms with Crippen LogP contribution < -0.4 is 10.2 Å². The van der Waals surface area contributed by atoms with Gasteiger partial charge in [-0.1, -0.05) is 12.1 Å². The van der Waals surface area contributed by atoms with E-state index >= 15 is 0 Å². The Morgan fingerprint density at radius 1 is 1.19 bits per heavy atom. The van der Waals surface area contributed by atoms with Crippen LogP contribution in [0.25, 0.3) is 5.69 Å². The van der Waals surface area contributed by atoms with Crippen LogP contribution in [0.1, 0.15) is 22.8 Å². The molecule has 5 nitrogen and oxygen atoms in total. The summed E-state index contributed by atoms with van der Waals surface area (Å²) in [6, 6.07) is 16.8. The summed E-state index contributed by atoms with van der Waals surface area (Å²) in [5.74, 6) is 0.505. The summed E-state index contributed by atoms with van der Waals surface area (Å²) >= 11 is 3.46. The molecule has 2 aromatic carbocycles. The standard InChI is InChI=1S/C20H18BrN3O2/c1-2-26-19-10-9-15(13-17(19)21)14-22-23-20(25)16-7-3-4-8-18(16)24-11-5-6-12-24/h3-14H,2H2,1H3,(H,23,25)/b22-14-. The topological polar surface area (TPSA) is 55.6 Å². The lowest BCUT2D eigenvalue weighted by Gasteiger charge is -2.09. The van der Waals surface area contributed by atoms with Gasteiger partial charge in [-0.25, -0.2) is 5.43 Å². The predicted octanol–water partition coefficient (Wildman–Crippen LogP) is 4.40. The fraction of sp³-hybridized carbons (Fsp3) is 0.100. The van der Waals surface area contributed by atoms with Crippen LogP contribution in [0.3, 0.4) is 0 Å². The SMILES string of the molecule is CCOc1ccc(/C=N\NC(=O)c2ccccc2-n2cccc2)cc1Br. The normalized spacial score (nSPS) is 10.8. The summed E-state index contributed by atoms with van der Waals surface area (Å²) in [6.45, 7) is 2.53. The number of aromatic nitrogens is 1. The number of benzene rings is 2. The highest BCUT2D eigenvalue weighted by atomic mass is 79.9. The molecular weight excluding hydrogens is 394 g/mol. The lowest BCUT2D eigenvalue weighted by atomic mass is 10.1. The molecule has 0 fully saturated rings. The molecule has 6 heteroatoms. The second-order valence-electron chi connectivity index (χ2n) is 5.43. The maximum atomic E-state index is 12.5. The van der Waals surface area contributed by atoms with Gasteiger partial charge < -0.3 is 9.30 Å². The minimum absolute atomic E-state index is 0.268. The zero-order valence-electron chi connectivity index (χ0n) is 14.2. The van der Waals surface area contributed by atoms with Gasteiger partial charge >= 0.3 is 0 Å². The Kier molecular flexibility index (Phi) is 5.86. The number of nitrogens with zero attached hydrogens (tertiary/aromatic N) is 2. The third-order valence-corrected chi connectivity index (χ3v) is 4.29. The molecule has 0 aliphatic carbocycles. The van der Waals surface area contributed by atoms with Crippen molar-refractivity contribution in [2.45, 2.75) is 6.92 Å². The van der Waals surface area contributed by atoms with E-state index in [2.05, 4.69) is 26.5 Å². The molecule has 26 heavy (non-hydrogen) atoms. The number of rotatable bonds is 6. The minimum Gasteiger partial charge on any atom is -0.493 e. The third-order valence-electron chi connectivity index (χ3n) is 3.67. The fourth-order valence-electron chi connectivity index (χ4n) is 2.48. The summed E-state index contributed by atoms with van der Waals surface area (Å²) in [7, 11) is 0. The van der Waals surface area contributed by atoms with E-state index < -0.39 is 0 Å². The van der Waals surface area contributed by atoms with Crippen LogP contribution in [-0.2, 0) is 0 Å². The average molecular weight is 412 g/mol. The minimum atomic E-state index is -0.268. The first kappa shape index (κ1) is 17.9. The van der Waals surface area contributed by atoms with Gasteiger partial charge in [-0.05, 0) is 70.9 Å². The number of hydrogen-bond donors (Lipinski definition) is 1. The van der Waals surface area contributed by atoms with Crippen molar-refractivity contribution >= 4 is 28.1 Å². The molecule has 0 aliphatic heterocycles. The Morgan fingerprint density at radius 3 is 2.69 bits per heavy atom. The van der Waals surface area contributed by atoms with E-state index in [9.17, 15) is 4.79 Å². The predicted molar refractivity (Wildman–Crippen MR) is 106 cm³/mol. The largest absolute Gasteiger partial charge is 0.493 e. The second kappa shape index (κ2) is 8.49. The molecule has 0 saturated heterocycles. The van der Waals surface area contributed by atoms with Crippen molar-refractivity contribution in [3.05, 3.63) is 82.6 Å². The molecule has 132 valence electrons. The van der Waals surface area contributed by atoms with Crippen molar-refractivity contribution < 1.29 is 9.53 Å². The van der Waals surface area contributed by atoms with Gasteiger partial charge in [0.1, 0.15) is 5.75 Å². The number of para-hydroxylation sites is 1. The van der Waals surface area contributed by atoms with Crippen LogP contribution in [0.15, 0.2) is 76.6 Å². The molecule has 1 amide bonds. The van der Waals surface area contributed by atoms with Gasteiger partial charge in [0.2, 0.25) is 0 Å². The molecule has 0 aliphatic rings. The van der Waals surface area contributed by atoms with Crippen LogP contribution in [0, 0.1) is 0 Å². The Morgan fingerprint density at radius 2 is 1.96 bits per heavy atom. The lowest BCUT2D eigenvalue weighted by molar-refractivity contribution is 0.0955. The monoisotopic (exact) mass is 411 g/mol. The van der Waals surface area contributed by atoms with Gasteiger partial charge in [0.15, 0.2) is 0 Å². The van der Waals surface area contributed by atoms with Crippen molar-refractivity contribution in [3.8, 4) is 11.4 Å². The molecule has 0 unspecified atom stereocenters. The van der Waals surface area contributed by atoms with E-state index in [4.69, 9.17) is 4.74 Å². The number of carbonyl (C=O) groups is 1. The number of ether oxygens (including phenoxy) is 1. The van der Waals surface area contributed by atoms with Crippen molar-refractivity contribution in [3.63, 3.8) is 0 Å². The molecule has 3 aromatic rings. The molecule has 0 saturated carbocycles. The van der Waals surface area contributed by atoms with Crippen molar-refractivity contribution in [1.29, 1.82) is 0 Å². The Labute approximate surface area is 160 Å². The van der Waals surface area contributed by atoms with E-state index in [1.54, 1.807) is 12.3 Å². The average Bonchev–Trinajstić information content (AvgIpc) is 3.18. The third kappa shape index (κ3) is 4.21. The molecular formula is C20H18BrN3O2. The van der Waals surface area contributed by atoms with E-state index in [0.717, 1.165) is 21.5 Å². The van der Waals surface area contributed by atoms with E-state index in [1.165, 1.54) is 0 Å². The summed E-state index contributed by atoms with van der Waals surface area (Å²) in [5, 5.41) is 4.06. The van der Waals surface area contributed by atoms with Gasteiger partial charge in [-0.15, -0.1) is 0 Å². The van der Waals surface area contributed by atoms with E-state index in [1.807, 2.05) is 72.4 Å². The Bertz CT molecular complexity index is 921. The first-order valence-corrected chi connectivity index (χ1v) is 8.96. The van der Waals surface area contributed by atoms with Crippen LogP contribution in [0.2, 0.25) is 0 Å². The number of nitrogens with one attached hydrogen (secondary N) is 1. The summed E-state index contributed by atoms with van der Waals surface area (Å²) in [5.41, 5.74) is 4.78. The van der Waals surface area contributed by atoms with Crippen molar-refractivity contribution in [2.24, 2.45) is 5.10 Å². The van der Waals surface area contributed by atoms with E-state index in [0.29, 0.717) is 12.2 Å². The van der Waals surface area contributed by atoms with Crippen LogP contribution in [0.4, 0.5) is 0 Å². The molecule has 1 aromatic heterocycles. The number of halogens is 1. The maximum absolute atomic E-state index is 12.5. The molecule has 0 bridgehead atoms. The van der Waals surface area contributed by atoms with Gasteiger partial charge in [0, 0.05) is 12.4 Å². The highest BCUT2D eigenvalue weighted by molar-refractivity contribution is 9.10. The van der Waals surface area contributed by atoms with Crippen molar-refractivity contribution in [1.82, 2.24) is 9.99 Å². The quantitative estimate of drug-likeness (QED) is 0.482. The number of amides is 1. The Balaban J connectivity index is 1.72. The molecule has 0 atom stereocenters. The van der Waals surface area contributed by atoms with E-state index in [-0.39, 0.29) is 5.91 Å². The van der Waals surface area contributed by atoms with Gasteiger partial charge in [0.05, 0.1) is 28.5 Å². The number of hydrogen-bond acceptors (Lipinski definition) is 3. The van der Waals surface area contributed by atoms with Gasteiger partial charge in [-0.3, -0.25) is 4.79 Å². The second-order valence-corrected chi connectivity index (χ2v) is 6.28. The molecule has 0 radical (unpaired) electrons. The molecule has 3 rings (SSSR count). The number of hydrazone groups is 1. The summed E-state index contributed by atoms with van der Waals surface area (Å²) in [4.78, 5) is 12.5. The summed E-state index contributed by atoms with van der Waals surface area (Å²) in [6.07, 6.45) is 5.39. The highest BCUT2D eigenvalue weighted by Crippen LogP contribution is 2.25. The molecule has 1 heterocycles. The van der Waals surface area contributed by atoms with Crippen LogP contribution >= 0.6 is 15.9 Å². The first-order valence-electron chi connectivity index (χ1n) is 8.17. The smallest absolute Gasteiger partial charge is 0.273 e. The summed E-state index contributed by atoms with van der Waals surface area (Å²) < 4.78 is 8.21.